The lowest BCUT2D eigenvalue weighted by atomic mass is 10.0. The van der Waals surface area contributed by atoms with Gasteiger partial charge in [-0.3, -0.25) is 9.79 Å². The van der Waals surface area contributed by atoms with Crippen LogP contribution in [0.1, 0.15) is 65.2 Å². The van der Waals surface area contributed by atoms with Gasteiger partial charge in [0, 0.05) is 44.7 Å². The molecule has 6 nitrogen and oxygen atoms in total. The summed E-state index contributed by atoms with van der Waals surface area (Å²) >= 11 is 0. The molecule has 2 fully saturated rings. The average molecular weight is 479 g/mol. The number of carbonyl (C=O) groups is 1. The first kappa shape index (κ1) is 23.5. The second-order valence-electron chi connectivity index (χ2n) is 7.37. The zero-order chi connectivity index (χ0) is 17.9. The van der Waals surface area contributed by atoms with Crippen molar-refractivity contribution in [3.63, 3.8) is 0 Å². The summed E-state index contributed by atoms with van der Waals surface area (Å²) in [6.45, 7) is 9.32. The van der Waals surface area contributed by atoms with E-state index < -0.39 is 0 Å². The molecule has 1 aliphatic carbocycles. The van der Waals surface area contributed by atoms with Crippen molar-refractivity contribution >= 4 is 35.8 Å². The molecule has 26 heavy (non-hydrogen) atoms. The first-order valence-corrected chi connectivity index (χ1v) is 10.2. The summed E-state index contributed by atoms with van der Waals surface area (Å²) in [5.41, 5.74) is 0. The van der Waals surface area contributed by atoms with Crippen LogP contribution in [0.25, 0.3) is 0 Å². The summed E-state index contributed by atoms with van der Waals surface area (Å²) in [5, 5.41) is 9.72. The maximum Gasteiger partial charge on any atom is 0.220 e. The molecular formula is C19H38IN5O. The fourth-order valence-corrected chi connectivity index (χ4v) is 3.28. The second kappa shape index (κ2) is 13.6. The van der Waals surface area contributed by atoms with Gasteiger partial charge in [0.25, 0.3) is 0 Å². The van der Waals surface area contributed by atoms with E-state index in [2.05, 4.69) is 39.7 Å². The zero-order valence-electron chi connectivity index (χ0n) is 16.6. The Morgan fingerprint density at radius 1 is 1.15 bits per heavy atom. The van der Waals surface area contributed by atoms with Crippen molar-refractivity contribution < 1.29 is 4.79 Å². The normalized spacial score (nSPS) is 21.0. The highest BCUT2D eigenvalue weighted by molar-refractivity contribution is 14.0. The third-order valence-corrected chi connectivity index (χ3v) is 4.97. The molecular weight excluding hydrogens is 441 g/mol. The second-order valence-corrected chi connectivity index (χ2v) is 7.37. The highest BCUT2D eigenvalue weighted by Crippen LogP contribution is 2.18. The molecule has 0 radical (unpaired) electrons. The minimum absolute atomic E-state index is 0. The Bertz CT molecular complexity index is 428. The first-order valence-electron chi connectivity index (χ1n) is 10.2. The number of piperidine rings is 1. The Balaban J connectivity index is 0.00000338. The van der Waals surface area contributed by atoms with Crippen LogP contribution in [0.5, 0.6) is 0 Å². The molecule has 1 amide bonds. The van der Waals surface area contributed by atoms with Crippen molar-refractivity contribution in [3.8, 4) is 0 Å². The lowest BCUT2D eigenvalue weighted by Crippen LogP contribution is -2.41. The van der Waals surface area contributed by atoms with Crippen LogP contribution in [-0.4, -0.2) is 61.6 Å². The Labute approximate surface area is 176 Å². The van der Waals surface area contributed by atoms with Crippen molar-refractivity contribution in [2.75, 3.05) is 32.7 Å². The molecule has 1 aliphatic heterocycles. The molecule has 1 saturated heterocycles. The molecule has 0 aromatic heterocycles. The van der Waals surface area contributed by atoms with Gasteiger partial charge in [0.15, 0.2) is 5.96 Å². The van der Waals surface area contributed by atoms with Gasteiger partial charge >= 0.3 is 0 Å². The Hall–Kier alpha value is -0.570. The first-order chi connectivity index (χ1) is 12.2. The van der Waals surface area contributed by atoms with E-state index in [-0.39, 0.29) is 29.9 Å². The minimum atomic E-state index is 0. The molecule has 2 rings (SSSR count). The molecule has 1 heterocycles. The van der Waals surface area contributed by atoms with Gasteiger partial charge in [-0.2, -0.15) is 0 Å². The number of hydrogen-bond donors (Lipinski definition) is 3. The number of nitrogens with zero attached hydrogens (tertiary/aromatic N) is 2. The molecule has 1 atom stereocenters. The number of nitrogens with one attached hydrogen (secondary N) is 3. The van der Waals surface area contributed by atoms with Crippen molar-refractivity contribution in [2.24, 2.45) is 4.99 Å². The van der Waals surface area contributed by atoms with Crippen LogP contribution >= 0.6 is 24.0 Å². The highest BCUT2D eigenvalue weighted by Gasteiger charge is 2.22. The van der Waals surface area contributed by atoms with Gasteiger partial charge in [0.1, 0.15) is 0 Å². The number of likely N-dealkylation sites (tertiary alicyclic amines) is 1. The SMILES string of the molecule is CCNC(=NCCCC(=O)NC1CC1)NCCCN1CCCCC1C.I. The molecule has 152 valence electrons. The van der Waals surface area contributed by atoms with E-state index in [9.17, 15) is 4.79 Å². The number of amides is 1. The van der Waals surface area contributed by atoms with Crippen LogP contribution in [0.3, 0.4) is 0 Å². The van der Waals surface area contributed by atoms with E-state index in [4.69, 9.17) is 0 Å². The third-order valence-electron chi connectivity index (χ3n) is 4.97. The van der Waals surface area contributed by atoms with Crippen LogP contribution in [0.15, 0.2) is 4.99 Å². The lowest BCUT2D eigenvalue weighted by Gasteiger charge is -2.33. The molecule has 1 unspecified atom stereocenters. The van der Waals surface area contributed by atoms with E-state index in [0.717, 1.165) is 57.3 Å². The van der Waals surface area contributed by atoms with Crippen molar-refractivity contribution in [2.45, 2.75) is 77.3 Å². The zero-order valence-corrected chi connectivity index (χ0v) is 18.9. The van der Waals surface area contributed by atoms with E-state index in [1.807, 2.05) is 0 Å². The lowest BCUT2D eigenvalue weighted by molar-refractivity contribution is -0.121. The van der Waals surface area contributed by atoms with Crippen LogP contribution < -0.4 is 16.0 Å². The van der Waals surface area contributed by atoms with Gasteiger partial charge < -0.3 is 20.9 Å². The van der Waals surface area contributed by atoms with Crippen LogP contribution in [-0.2, 0) is 4.79 Å². The monoisotopic (exact) mass is 479 g/mol. The standard InChI is InChI=1S/C19H37N5O.HI/c1-3-20-19(21-12-6-9-18(25)23-17-10-11-17)22-13-7-15-24-14-5-4-8-16(24)2;/h16-17H,3-15H2,1-2H3,(H,23,25)(H2,20,21,22);1H. The van der Waals surface area contributed by atoms with Gasteiger partial charge in [0.2, 0.25) is 5.91 Å². The van der Waals surface area contributed by atoms with E-state index >= 15 is 0 Å². The molecule has 0 bridgehead atoms. The fraction of sp³-hybridized carbons (Fsp3) is 0.895. The number of aliphatic imine (C=N–C) groups is 1. The molecule has 0 spiro atoms. The topological polar surface area (TPSA) is 68.8 Å². The Morgan fingerprint density at radius 3 is 2.65 bits per heavy atom. The van der Waals surface area contributed by atoms with E-state index in [1.165, 1.54) is 25.8 Å². The minimum Gasteiger partial charge on any atom is -0.357 e. The molecule has 3 N–H and O–H groups in total. The number of guanidine groups is 1. The number of hydrogen-bond acceptors (Lipinski definition) is 3. The summed E-state index contributed by atoms with van der Waals surface area (Å²) in [6.07, 6.45) is 8.88. The molecule has 2 aliphatic rings. The van der Waals surface area contributed by atoms with Gasteiger partial charge in [-0.15, -0.1) is 24.0 Å². The van der Waals surface area contributed by atoms with Crippen LogP contribution in [0.2, 0.25) is 0 Å². The van der Waals surface area contributed by atoms with Crippen LogP contribution in [0, 0.1) is 0 Å². The predicted molar refractivity (Wildman–Crippen MR) is 119 cm³/mol. The molecule has 0 aromatic carbocycles. The van der Waals surface area contributed by atoms with Crippen LogP contribution in [0.4, 0.5) is 0 Å². The Morgan fingerprint density at radius 2 is 1.96 bits per heavy atom. The smallest absolute Gasteiger partial charge is 0.220 e. The average Bonchev–Trinajstić information content (AvgIpc) is 3.40. The third kappa shape index (κ3) is 9.94. The molecule has 7 heteroatoms. The van der Waals surface area contributed by atoms with Crippen molar-refractivity contribution in [1.29, 1.82) is 0 Å². The largest absolute Gasteiger partial charge is 0.357 e. The fourth-order valence-electron chi connectivity index (χ4n) is 3.28. The maximum absolute atomic E-state index is 11.7. The summed E-state index contributed by atoms with van der Waals surface area (Å²) in [5.74, 6) is 1.04. The molecule has 1 saturated carbocycles. The van der Waals surface area contributed by atoms with Gasteiger partial charge in [-0.1, -0.05) is 6.42 Å². The van der Waals surface area contributed by atoms with Gasteiger partial charge in [-0.25, -0.2) is 0 Å². The summed E-state index contributed by atoms with van der Waals surface area (Å²) in [4.78, 5) is 18.8. The van der Waals surface area contributed by atoms with E-state index in [1.54, 1.807) is 0 Å². The van der Waals surface area contributed by atoms with E-state index in [0.29, 0.717) is 19.0 Å². The predicted octanol–water partition coefficient (Wildman–Crippen LogP) is 2.48. The van der Waals surface area contributed by atoms with Gasteiger partial charge in [0.05, 0.1) is 0 Å². The quantitative estimate of drug-likeness (QED) is 0.195. The number of halogens is 1. The van der Waals surface area contributed by atoms with Crippen molar-refractivity contribution in [3.05, 3.63) is 0 Å². The van der Waals surface area contributed by atoms with Gasteiger partial charge in [-0.05, 0) is 58.9 Å². The summed E-state index contributed by atoms with van der Waals surface area (Å²) in [6, 6.07) is 1.19. The number of rotatable bonds is 10. The highest BCUT2D eigenvalue weighted by atomic mass is 127. The summed E-state index contributed by atoms with van der Waals surface area (Å²) < 4.78 is 0. The number of carbonyl (C=O) groups excluding carboxylic acids is 1. The molecule has 0 aromatic rings. The Kier molecular flexibility index (Phi) is 12.3. The summed E-state index contributed by atoms with van der Waals surface area (Å²) in [7, 11) is 0. The van der Waals surface area contributed by atoms with Crippen molar-refractivity contribution in [1.82, 2.24) is 20.9 Å². The maximum atomic E-state index is 11.7.